The normalized spacial score (nSPS) is 20.2. The van der Waals surface area contributed by atoms with Crippen LogP contribution in [0.5, 0.6) is 0 Å². The molecule has 0 radical (unpaired) electrons. The number of nitrogens with zero attached hydrogens (tertiary/aromatic N) is 2. The molecule has 3 heterocycles. The molecule has 0 spiro atoms. The molecule has 6 heteroatoms. The maximum absolute atomic E-state index is 9.38. The lowest BCUT2D eigenvalue weighted by Crippen LogP contribution is -2.52. The predicted molar refractivity (Wildman–Crippen MR) is 90.1 cm³/mol. The van der Waals surface area contributed by atoms with Gasteiger partial charge in [-0.15, -0.1) is 0 Å². The molecule has 1 saturated heterocycles. The van der Waals surface area contributed by atoms with Crippen molar-refractivity contribution in [2.45, 2.75) is 32.2 Å². The second kappa shape index (κ2) is 8.08. The third kappa shape index (κ3) is 4.43. The van der Waals surface area contributed by atoms with Crippen molar-refractivity contribution in [3.63, 3.8) is 0 Å². The average molecular weight is 336 g/mol. The lowest BCUT2D eigenvalue weighted by atomic mass is 10.1. The van der Waals surface area contributed by atoms with Crippen molar-refractivity contribution in [3.05, 3.63) is 46.0 Å². The van der Waals surface area contributed by atoms with Crippen LogP contribution >= 0.6 is 11.3 Å². The highest BCUT2D eigenvalue weighted by molar-refractivity contribution is 7.07. The summed E-state index contributed by atoms with van der Waals surface area (Å²) >= 11 is 1.73. The van der Waals surface area contributed by atoms with E-state index in [1.807, 2.05) is 12.1 Å². The fourth-order valence-corrected chi connectivity index (χ4v) is 3.82. The van der Waals surface area contributed by atoms with Crippen LogP contribution in [-0.4, -0.2) is 52.3 Å². The van der Waals surface area contributed by atoms with Gasteiger partial charge in [0.1, 0.15) is 18.1 Å². The van der Waals surface area contributed by atoms with Crippen molar-refractivity contribution < 1.29 is 14.6 Å². The third-order valence-electron chi connectivity index (χ3n) is 4.37. The number of hydrogen-bond acceptors (Lipinski definition) is 6. The Bertz CT molecular complexity index is 584. The number of hydrogen-bond donors (Lipinski definition) is 2. The molecule has 0 aromatic carbocycles. The Labute approximate surface area is 140 Å². The fraction of sp³-hybridized carbons (Fsp3) is 0.529. The maximum Gasteiger partial charge on any atom is 0.129 e. The van der Waals surface area contributed by atoms with Gasteiger partial charge in [-0.05, 0) is 40.9 Å². The lowest BCUT2D eigenvalue weighted by molar-refractivity contribution is 0.0465. The molecule has 1 fully saturated rings. The van der Waals surface area contributed by atoms with Gasteiger partial charge in [0.25, 0.3) is 0 Å². The van der Waals surface area contributed by atoms with Gasteiger partial charge in [-0.25, -0.2) is 0 Å². The van der Waals surface area contributed by atoms with E-state index in [4.69, 9.17) is 9.52 Å². The number of piperazine rings is 1. The van der Waals surface area contributed by atoms with Gasteiger partial charge in [-0.1, -0.05) is 0 Å². The number of aliphatic hydroxyl groups is 2. The van der Waals surface area contributed by atoms with E-state index in [1.165, 1.54) is 5.56 Å². The number of thiophene rings is 1. The second-order valence-electron chi connectivity index (χ2n) is 6.03. The van der Waals surface area contributed by atoms with Crippen LogP contribution in [0.2, 0.25) is 0 Å². The summed E-state index contributed by atoms with van der Waals surface area (Å²) in [6.07, 6.45) is 0.792. The van der Waals surface area contributed by atoms with Crippen LogP contribution in [0.4, 0.5) is 0 Å². The van der Waals surface area contributed by atoms with E-state index < -0.39 is 0 Å². The van der Waals surface area contributed by atoms with Crippen molar-refractivity contribution in [1.29, 1.82) is 0 Å². The minimum atomic E-state index is -0.0540. The zero-order valence-electron chi connectivity index (χ0n) is 13.2. The molecule has 0 amide bonds. The van der Waals surface area contributed by atoms with Crippen LogP contribution in [0, 0.1) is 0 Å². The summed E-state index contributed by atoms with van der Waals surface area (Å²) in [4.78, 5) is 4.83. The molecule has 2 aromatic rings. The van der Waals surface area contributed by atoms with Gasteiger partial charge in [0.2, 0.25) is 0 Å². The van der Waals surface area contributed by atoms with E-state index in [9.17, 15) is 5.11 Å². The Balaban J connectivity index is 1.59. The van der Waals surface area contributed by atoms with Gasteiger partial charge in [0.15, 0.2) is 0 Å². The van der Waals surface area contributed by atoms with E-state index >= 15 is 0 Å². The van der Waals surface area contributed by atoms with Crippen molar-refractivity contribution in [3.8, 4) is 0 Å². The van der Waals surface area contributed by atoms with Crippen LogP contribution < -0.4 is 0 Å². The van der Waals surface area contributed by atoms with Gasteiger partial charge in [-0.2, -0.15) is 11.3 Å². The molecular formula is C17H24N2O3S. The van der Waals surface area contributed by atoms with Crippen molar-refractivity contribution >= 4 is 11.3 Å². The molecule has 0 bridgehead atoms. The molecule has 3 rings (SSSR count). The molecule has 23 heavy (non-hydrogen) atoms. The molecule has 2 aromatic heterocycles. The van der Waals surface area contributed by atoms with Crippen molar-refractivity contribution in [1.82, 2.24) is 9.80 Å². The third-order valence-corrected chi connectivity index (χ3v) is 5.10. The summed E-state index contributed by atoms with van der Waals surface area (Å²) in [5.74, 6) is 1.51. The molecule has 1 atom stereocenters. The van der Waals surface area contributed by atoms with E-state index in [0.29, 0.717) is 11.8 Å². The van der Waals surface area contributed by atoms with Crippen LogP contribution in [0.3, 0.4) is 0 Å². The zero-order valence-corrected chi connectivity index (χ0v) is 14.0. The molecule has 1 aliphatic heterocycles. The summed E-state index contributed by atoms with van der Waals surface area (Å²) in [7, 11) is 0. The van der Waals surface area contributed by atoms with Gasteiger partial charge in [0, 0.05) is 38.8 Å². The number of aliphatic hydroxyl groups excluding tert-OH is 2. The van der Waals surface area contributed by atoms with E-state index in [-0.39, 0.29) is 13.2 Å². The Kier molecular flexibility index (Phi) is 5.85. The Morgan fingerprint density at radius 2 is 2.00 bits per heavy atom. The standard InChI is InChI=1S/C17H24N2O3S/c20-7-3-15-10-18(11-16-1-2-17(12-21)22-16)5-6-19(15)9-14-4-8-23-13-14/h1-2,4,8,13,15,20-21H,3,5-7,9-12H2. The lowest BCUT2D eigenvalue weighted by Gasteiger charge is -2.41. The number of furan rings is 1. The van der Waals surface area contributed by atoms with Crippen LogP contribution in [0.15, 0.2) is 33.4 Å². The van der Waals surface area contributed by atoms with E-state index in [0.717, 1.165) is 44.9 Å². The van der Waals surface area contributed by atoms with E-state index in [2.05, 4.69) is 26.6 Å². The first-order valence-corrected chi connectivity index (χ1v) is 8.99. The molecule has 2 N–H and O–H groups in total. The molecule has 1 aliphatic rings. The van der Waals surface area contributed by atoms with Gasteiger partial charge in [0.05, 0.1) is 6.54 Å². The van der Waals surface area contributed by atoms with Crippen molar-refractivity contribution in [2.24, 2.45) is 0 Å². The molecule has 126 valence electrons. The second-order valence-corrected chi connectivity index (χ2v) is 6.81. The van der Waals surface area contributed by atoms with Crippen LogP contribution in [-0.2, 0) is 19.7 Å². The fourth-order valence-electron chi connectivity index (χ4n) is 3.16. The van der Waals surface area contributed by atoms with E-state index in [1.54, 1.807) is 11.3 Å². The Morgan fingerprint density at radius 3 is 2.70 bits per heavy atom. The molecule has 0 aliphatic carbocycles. The first kappa shape index (κ1) is 16.7. The quantitative estimate of drug-likeness (QED) is 0.809. The highest BCUT2D eigenvalue weighted by atomic mass is 32.1. The SMILES string of the molecule is OCCC1CN(Cc2ccc(CO)o2)CCN1Cc1ccsc1. The largest absolute Gasteiger partial charge is 0.462 e. The molecular weight excluding hydrogens is 312 g/mol. The minimum Gasteiger partial charge on any atom is -0.462 e. The van der Waals surface area contributed by atoms with Crippen LogP contribution in [0.1, 0.15) is 23.5 Å². The zero-order chi connectivity index (χ0) is 16.1. The molecule has 5 nitrogen and oxygen atoms in total. The van der Waals surface area contributed by atoms with Crippen LogP contribution in [0.25, 0.3) is 0 Å². The van der Waals surface area contributed by atoms with Crippen molar-refractivity contribution in [2.75, 3.05) is 26.2 Å². The first-order valence-electron chi connectivity index (χ1n) is 8.05. The molecule has 0 saturated carbocycles. The highest BCUT2D eigenvalue weighted by Gasteiger charge is 2.27. The summed E-state index contributed by atoms with van der Waals surface area (Å²) in [5.41, 5.74) is 1.35. The molecule has 1 unspecified atom stereocenters. The maximum atomic E-state index is 9.38. The summed E-state index contributed by atoms with van der Waals surface area (Å²) in [6, 6.07) is 6.30. The monoisotopic (exact) mass is 336 g/mol. The number of rotatable bonds is 7. The summed E-state index contributed by atoms with van der Waals surface area (Å²) in [5, 5.41) is 22.8. The van der Waals surface area contributed by atoms with Gasteiger partial charge in [-0.3, -0.25) is 9.80 Å². The topological polar surface area (TPSA) is 60.1 Å². The minimum absolute atomic E-state index is 0.0540. The summed E-state index contributed by atoms with van der Waals surface area (Å²) in [6.45, 7) is 4.79. The highest BCUT2D eigenvalue weighted by Crippen LogP contribution is 2.20. The Morgan fingerprint density at radius 1 is 1.13 bits per heavy atom. The van der Waals surface area contributed by atoms with Gasteiger partial charge < -0.3 is 14.6 Å². The smallest absolute Gasteiger partial charge is 0.129 e. The first-order chi connectivity index (χ1) is 11.3. The predicted octanol–water partition coefficient (Wildman–Crippen LogP) is 1.90. The van der Waals surface area contributed by atoms with Gasteiger partial charge >= 0.3 is 0 Å². The average Bonchev–Trinajstić information content (AvgIpc) is 3.21. The Hall–Kier alpha value is -1.18. The summed E-state index contributed by atoms with van der Waals surface area (Å²) < 4.78 is 5.59.